The minimum atomic E-state index is -0.705. The number of aromatic hydroxyl groups is 2. The fourth-order valence-corrected chi connectivity index (χ4v) is 4.85. The van der Waals surface area contributed by atoms with Crippen LogP contribution in [0.15, 0.2) is 36.4 Å². The zero-order valence-corrected chi connectivity index (χ0v) is 29.2. The van der Waals surface area contributed by atoms with Crippen molar-refractivity contribution in [3.05, 3.63) is 58.7 Å². The monoisotopic (exact) mass is 672 g/mol. The molecule has 266 valence electrons. The van der Waals surface area contributed by atoms with Crippen LogP contribution >= 0.6 is 0 Å². The van der Waals surface area contributed by atoms with Gasteiger partial charge < -0.3 is 29.2 Å². The van der Waals surface area contributed by atoms with Gasteiger partial charge in [0.05, 0.1) is 33.9 Å². The Balaban J connectivity index is 2.33. The van der Waals surface area contributed by atoms with Crippen molar-refractivity contribution in [3.63, 3.8) is 0 Å². The number of methoxy groups -OCH3 is 2. The molecule has 0 saturated heterocycles. The molecule has 12 heteroatoms. The van der Waals surface area contributed by atoms with Crippen LogP contribution in [0, 0.1) is 0 Å². The molecule has 0 amide bonds. The number of aryl methyl sites for hydroxylation is 2. The van der Waals surface area contributed by atoms with Gasteiger partial charge in [-0.05, 0) is 63.3 Å². The van der Waals surface area contributed by atoms with Gasteiger partial charge in [0.25, 0.3) is 0 Å². The van der Waals surface area contributed by atoms with E-state index in [9.17, 15) is 29.4 Å². The Kier molecular flexibility index (Phi) is 16.9. The Morgan fingerprint density at radius 2 is 1.17 bits per heavy atom. The molecule has 0 bridgehead atoms. The molecular formula is C36H52N2O10. The largest absolute Gasteiger partial charge is 0.508 e. The van der Waals surface area contributed by atoms with Crippen molar-refractivity contribution in [2.45, 2.75) is 84.9 Å². The minimum absolute atomic E-state index is 0.0380. The summed E-state index contributed by atoms with van der Waals surface area (Å²) in [6, 6.07) is 10.2. The van der Waals surface area contributed by atoms with E-state index in [0.29, 0.717) is 37.1 Å². The van der Waals surface area contributed by atoms with Gasteiger partial charge in [0, 0.05) is 50.1 Å². The highest BCUT2D eigenvalue weighted by Crippen LogP contribution is 2.24. The number of ether oxygens (including phenoxy) is 4. The van der Waals surface area contributed by atoms with E-state index in [1.165, 1.54) is 14.2 Å². The quantitative estimate of drug-likeness (QED) is 0.117. The van der Waals surface area contributed by atoms with Gasteiger partial charge in [-0.1, -0.05) is 37.6 Å². The van der Waals surface area contributed by atoms with Crippen molar-refractivity contribution in [1.29, 1.82) is 0 Å². The molecule has 0 atom stereocenters. The van der Waals surface area contributed by atoms with E-state index in [0.717, 1.165) is 24.0 Å². The molecule has 0 aliphatic rings. The van der Waals surface area contributed by atoms with Crippen LogP contribution in [0.1, 0.15) is 75.6 Å². The molecule has 2 aromatic carbocycles. The summed E-state index contributed by atoms with van der Waals surface area (Å²) in [7, 11) is 2.66. The zero-order valence-electron chi connectivity index (χ0n) is 29.2. The fourth-order valence-electron chi connectivity index (χ4n) is 4.85. The molecule has 0 aliphatic carbocycles. The Bertz CT molecular complexity index is 1350. The lowest BCUT2D eigenvalue weighted by Crippen LogP contribution is -2.41. The molecule has 0 heterocycles. The standard InChI is InChI=1S/C36H52N2O10/c1-7-8-19-47-34(43)24-37(22-28-20-26(9-13-30(28)39)11-15-32(41)45-5)17-18-38(25-35(44)48-36(2,3)4)23-29-21-27(10-14-31(29)40)12-16-33(42)46-6/h9-10,13-14,20-21,39-40H,7-8,11-12,15-19,22-25H2,1-6H3. The molecule has 48 heavy (non-hydrogen) atoms. The lowest BCUT2D eigenvalue weighted by atomic mass is 10.0. The van der Waals surface area contributed by atoms with Crippen LogP contribution in [0.2, 0.25) is 0 Å². The molecule has 0 saturated carbocycles. The summed E-state index contributed by atoms with van der Waals surface area (Å²) in [6.45, 7) is 8.44. The lowest BCUT2D eigenvalue weighted by Gasteiger charge is -2.28. The molecule has 0 radical (unpaired) electrons. The van der Waals surface area contributed by atoms with E-state index < -0.39 is 17.5 Å². The Morgan fingerprint density at radius 3 is 1.58 bits per heavy atom. The molecule has 0 aliphatic heterocycles. The van der Waals surface area contributed by atoms with Crippen LogP contribution in [-0.4, -0.2) is 96.5 Å². The summed E-state index contributed by atoms with van der Waals surface area (Å²) in [5, 5.41) is 21.4. The second-order valence-corrected chi connectivity index (χ2v) is 12.7. The van der Waals surface area contributed by atoms with Gasteiger partial charge >= 0.3 is 23.9 Å². The molecule has 0 spiro atoms. The van der Waals surface area contributed by atoms with Crippen molar-refractivity contribution in [3.8, 4) is 11.5 Å². The second kappa shape index (κ2) is 20.3. The Labute approximate surface area is 283 Å². The molecule has 0 aromatic heterocycles. The van der Waals surface area contributed by atoms with Crippen LogP contribution in [0.3, 0.4) is 0 Å². The maximum absolute atomic E-state index is 13.0. The first kappa shape index (κ1) is 40.0. The maximum Gasteiger partial charge on any atom is 0.320 e. The van der Waals surface area contributed by atoms with Crippen molar-refractivity contribution < 1.29 is 48.3 Å². The summed E-state index contributed by atoms with van der Waals surface area (Å²) < 4.78 is 20.5. The SMILES string of the molecule is CCCCOC(=O)CN(CCN(CC(=O)OC(C)(C)C)Cc1cc(CCC(=O)OC)ccc1O)Cc1cc(CCC(=O)OC)ccc1O. The Hall–Kier alpha value is -4.16. The lowest BCUT2D eigenvalue weighted by molar-refractivity contribution is -0.156. The summed E-state index contributed by atoms with van der Waals surface area (Å²) in [5.41, 5.74) is 2.07. The molecule has 2 N–H and O–H groups in total. The van der Waals surface area contributed by atoms with Gasteiger partial charge in [0.2, 0.25) is 0 Å². The highest BCUT2D eigenvalue weighted by atomic mass is 16.6. The summed E-state index contributed by atoms with van der Waals surface area (Å²) in [5.74, 6) is -1.48. The van der Waals surface area contributed by atoms with Crippen LogP contribution < -0.4 is 0 Å². The zero-order chi connectivity index (χ0) is 35.7. The van der Waals surface area contributed by atoms with Crippen LogP contribution in [0.25, 0.3) is 0 Å². The number of hydrogen-bond donors (Lipinski definition) is 2. The number of nitrogens with zero attached hydrogens (tertiary/aromatic N) is 2. The number of carbonyl (C=O) groups is 4. The average Bonchev–Trinajstić information content (AvgIpc) is 3.02. The van der Waals surface area contributed by atoms with Gasteiger partial charge in [-0.2, -0.15) is 0 Å². The van der Waals surface area contributed by atoms with Crippen molar-refractivity contribution >= 4 is 23.9 Å². The summed E-state index contributed by atoms with van der Waals surface area (Å²) >= 11 is 0. The fraction of sp³-hybridized carbons (Fsp3) is 0.556. The van der Waals surface area contributed by atoms with Crippen molar-refractivity contribution in [1.82, 2.24) is 9.80 Å². The molecule has 2 rings (SSSR count). The van der Waals surface area contributed by atoms with E-state index in [-0.39, 0.29) is 69.0 Å². The molecule has 2 aromatic rings. The number of phenolic OH excluding ortho intramolecular Hbond substituents is 2. The third-order valence-electron chi connectivity index (χ3n) is 7.39. The summed E-state index contributed by atoms with van der Waals surface area (Å²) in [6.07, 6.45) is 2.82. The first-order chi connectivity index (χ1) is 22.7. The van der Waals surface area contributed by atoms with Gasteiger partial charge in [-0.15, -0.1) is 0 Å². The van der Waals surface area contributed by atoms with E-state index in [4.69, 9.17) is 18.9 Å². The smallest absolute Gasteiger partial charge is 0.320 e. The number of phenols is 2. The van der Waals surface area contributed by atoms with E-state index >= 15 is 0 Å². The van der Waals surface area contributed by atoms with Gasteiger partial charge in [-0.3, -0.25) is 29.0 Å². The van der Waals surface area contributed by atoms with E-state index in [1.807, 2.05) is 16.7 Å². The second-order valence-electron chi connectivity index (χ2n) is 12.7. The normalized spacial score (nSPS) is 11.4. The van der Waals surface area contributed by atoms with Crippen LogP contribution in [0.5, 0.6) is 11.5 Å². The topological polar surface area (TPSA) is 152 Å². The number of unbranched alkanes of at least 4 members (excludes halogenated alkanes) is 1. The maximum atomic E-state index is 13.0. The molecular weight excluding hydrogens is 620 g/mol. The number of carbonyl (C=O) groups excluding carboxylic acids is 4. The highest BCUT2D eigenvalue weighted by Gasteiger charge is 2.22. The van der Waals surface area contributed by atoms with Gasteiger partial charge in [-0.25, -0.2) is 0 Å². The number of esters is 4. The minimum Gasteiger partial charge on any atom is -0.508 e. The predicted molar refractivity (Wildman–Crippen MR) is 179 cm³/mol. The average molecular weight is 673 g/mol. The number of rotatable bonds is 20. The molecule has 12 nitrogen and oxygen atoms in total. The van der Waals surface area contributed by atoms with E-state index in [2.05, 4.69) is 0 Å². The number of benzene rings is 2. The highest BCUT2D eigenvalue weighted by molar-refractivity contribution is 5.72. The van der Waals surface area contributed by atoms with Crippen molar-refractivity contribution in [2.75, 3.05) is 47.0 Å². The van der Waals surface area contributed by atoms with E-state index in [1.54, 1.807) is 57.2 Å². The molecule has 0 unspecified atom stereocenters. The van der Waals surface area contributed by atoms with Crippen molar-refractivity contribution in [2.24, 2.45) is 0 Å². The van der Waals surface area contributed by atoms with Crippen LogP contribution in [0.4, 0.5) is 0 Å². The number of hydrogen-bond acceptors (Lipinski definition) is 12. The third-order valence-corrected chi connectivity index (χ3v) is 7.39. The first-order valence-electron chi connectivity index (χ1n) is 16.3. The van der Waals surface area contributed by atoms with Gasteiger partial charge in [0.15, 0.2) is 0 Å². The van der Waals surface area contributed by atoms with Crippen LogP contribution in [-0.2, 0) is 64.1 Å². The third kappa shape index (κ3) is 15.6. The molecule has 0 fully saturated rings. The van der Waals surface area contributed by atoms with Gasteiger partial charge in [0.1, 0.15) is 17.1 Å². The predicted octanol–water partition coefficient (Wildman–Crippen LogP) is 4.30. The Morgan fingerprint density at radius 1 is 0.708 bits per heavy atom. The first-order valence-corrected chi connectivity index (χ1v) is 16.3. The summed E-state index contributed by atoms with van der Waals surface area (Å²) in [4.78, 5) is 52.8.